The van der Waals surface area contributed by atoms with E-state index in [4.69, 9.17) is 14.9 Å². The van der Waals surface area contributed by atoms with Crippen LogP contribution in [0.3, 0.4) is 0 Å². The molecule has 0 aliphatic heterocycles. The summed E-state index contributed by atoms with van der Waals surface area (Å²) in [5.41, 5.74) is 1.47. The first-order valence-corrected chi connectivity index (χ1v) is 16.2. The summed E-state index contributed by atoms with van der Waals surface area (Å²) in [4.78, 5) is 36.8. The number of ketones is 1. The molecule has 3 N–H and O–H groups in total. The highest BCUT2D eigenvalue weighted by atomic mass is 16.5. The van der Waals surface area contributed by atoms with Crippen LogP contribution in [0.4, 0.5) is 11.4 Å². The van der Waals surface area contributed by atoms with Gasteiger partial charge in [0.05, 0.1) is 23.4 Å². The zero-order chi connectivity index (χ0) is 34.8. The maximum atomic E-state index is 12.4. The summed E-state index contributed by atoms with van der Waals surface area (Å²) in [6.45, 7) is 3.64. The molecule has 9 nitrogen and oxygen atoms in total. The first-order valence-electron chi connectivity index (χ1n) is 16.2. The van der Waals surface area contributed by atoms with Gasteiger partial charge in [0.2, 0.25) is 0 Å². The SMILES string of the molecule is CC/C=C\C/C=C\C/C=C\C/C=C\C/C=C\C/C=C\CC(=O)Oc1ccc(N=Nc2ccc(C(=O)NCCC(O)O)cc2)cc1C(C)=O. The number of allylic oxidation sites excluding steroid dienone is 11. The highest BCUT2D eigenvalue weighted by Crippen LogP contribution is 2.27. The van der Waals surface area contributed by atoms with Crippen molar-refractivity contribution >= 4 is 29.0 Å². The Morgan fingerprint density at radius 3 is 1.75 bits per heavy atom. The number of aliphatic hydroxyl groups excluding tert-OH is 1. The van der Waals surface area contributed by atoms with Gasteiger partial charge in [0.15, 0.2) is 12.1 Å². The summed E-state index contributed by atoms with van der Waals surface area (Å²) in [6.07, 6.45) is 29.2. The Labute approximate surface area is 283 Å². The smallest absolute Gasteiger partial charge is 0.315 e. The molecule has 0 unspecified atom stereocenters. The zero-order valence-electron chi connectivity index (χ0n) is 27.8. The molecule has 0 fully saturated rings. The lowest BCUT2D eigenvalue weighted by molar-refractivity contribution is -0.133. The van der Waals surface area contributed by atoms with E-state index in [1.165, 1.54) is 19.1 Å². The number of amides is 1. The highest BCUT2D eigenvalue weighted by Gasteiger charge is 2.13. The van der Waals surface area contributed by atoms with E-state index in [1.807, 2.05) is 12.2 Å². The van der Waals surface area contributed by atoms with Crippen molar-refractivity contribution < 1.29 is 29.3 Å². The van der Waals surface area contributed by atoms with Crippen LogP contribution in [0.2, 0.25) is 0 Å². The lowest BCUT2D eigenvalue weighted by Crippen LogP contribution is -2.26. The van der Waals surface area contributed by atoms with Crippen LogP contribution in [0.15, 0.2) is 126 Å². The predicted molar refractivity (Wildman–Crippen MR) is 191 cm³/mol. The number of carbonyl (C=O) groups excluding carboxylic acids is 3. The molecule has 0 spiro atoms. The minimum atomic E-state index is -1.48. The largest absolute Gasteiger partial charge is 0.426 e. The van der Waals surface area contributed by atoms with Crippen LogP contribution in [0.5, 0.6) is 5.75 Å². The molecule has 9 heteroatoms. The van der Waals surface area contributed by atoms with Crippen molar-refractivity contribution in [3.05, 3.63) is 127 Å². The van der Waals surface area contributed by atoms with Crippen molar-refractivity contribution in [2.24, 2.45) is 10.2 Å². The first kappa shape index (κ1) is 39.2. The molecule has 0 saturated carbocycles. The van der Waals surface area contributed by atoms with Gasteiger partial charge in [-0.05, 0) is 87.9 Å². The summed E-state index contributed by atoms with van der Waals surface area (Å²) in [6, 6.07) is 11.0. The minimum absolute atomic E-state index is 0.0295. The van der Waals surface area contributed by atoms with Gasteiger partial charge in [-0.2, -0.15) is 10.2 Å². The van der Waals surface area contributed by atoms with Crippen LogP contribution in [0.1, 0.15) is 85.9 Å². The van der Waals surface area contributed by atoms with Crippen LogP contribution in [0.25, 0.3) is 0 Å². The lowest BCUT2D eigenvalue weighted by Gasteiger charge is -2.08. The van der Waals surface area contributed by atoms with E-state index < -0.39 is 12.3 Å². The number of nitrogens with one attached hydrogen (secondary N) is 1. The molecule has 2 rings (SSSR count). The number of hydrogen-bond donors (Lipinski definition) is 3. The molecule has 0 aliphatic carbocycles. The Kier molecular flexibility index (Phi) is 19.8. The van der Waals surface area contributed by atoms with E-state index in [9.17, 15) is 14.4 Å². The topological polar surface area (TPSA) is 138 Å². The molecule has 0 aromatic heterocycles. The van der Waals surface area contributed by atoms with E-state index >= 15 is 0 Å². The molecule has 0 atom stereocenters. The third-order valence-corrected chi connectivity index (χ3v) is 6.55. The number of aliphatic hydroxyl groups is 2. The van der Waals surface area contributed by atoms with Crippen molar-refractivity contribution in [2.45, 2.75) is 71.5 Å². The molecule has 0 radical (unpaired) electrons. The fourth-order valence-electron chi connectivity index (χ4n) is 4.02. The second-order valence-corrected chi connectivity index (χ2v) is 10.6. The van der Waals surface area contributed by atoms with Gasteiger partial charge in [-0.3, -0.25) is 14.4 Å². The Balaban J connectivity index is 1.75. The summed E-state index contributed by atoms with van der Waals surface area (Å²) in [7, 11) is 0. The molecule has 2 aromatic rings. The van der Waals surface area contributed by atoms with Gasteiger partial charge in [-0.1, -0.05) is 79.8 Å². The third kappa shape index (κ3) is 17.6. The van der Waals surface area contributed by atoms with Gasteiger partial charge < -0.3 is 20.3 Å². The molecule has 0 saturated heterocycles. The maximum Gasteiger partial charge on any atom is 0.315 e. The lowest BCUT2D eigenvalue weighted by atomic mass is 10.1. The van der Waals surface area contributed by atoms with Gasteiger partial charge in [0, 0.05) is 18.5 Å². The molecule has 48 heavy (non-hydrogen) atoms. The number of ether oxygens (including phenoxy) is 1. The number of esters is 1. The van der Waals surface area contributed by atoms with Crippen LogP contribution in [0, 0.1) is 0 Å². The van der Waals surface area contributed by atoms with Crippen LogP contribution >= 0.6 is 0 Å². The van der Waals surface area contributed by atoms with E-state index in [2.05, 4.69) is 77.2 Å². The van der Waals surface area contributed by atoms with Gasteiger partial charge in [-0.25, -0.2) is 0 Å². The van der Waals surface area contributed by atoms with Gasteiger partial charge in [0.1, 0.15) is 5.75 Å². The van der Waals surface area contributed by atoms with Crippen LogP contribution in [-0.4, -0.2) is 40.7 Å². The maximum absolute atomic E-state index is 12.4. The molecule has 0 aliphatic rings. The third-order valence-electron chi connectivity index (χ3n) is 6.55. The van der Waals surface area contributed by atoms with Crippen LogP contribution < -0.4 is 10.1 Å². The molecule has 254 valence electrons. The summed E-state index contributed by atoms with van der Waals surface area (Å²) in [5.74, 6) is -0.964. The Morgan fingerprint density at radius 2 is 1.23 bits per heavy atom. The standard InChI is InChI=1S/C39H47N3O6/c1-3-4-5-6-7-8-9-10-11-12-13-14-15-16-17-18-19-20-21-38(46)48-36-27-26-34(30-35(36)31(2)43)42-41-33-24-22-32(23-25-33)39(47)40-29-28-37(44)45/h4-5,7-8,10-11,13-14,16-17,19-20,22-27,30,37,44-45H,3,6,9,12,15,18,21,28-29H2,1-2H3,(H,40,47)/b5-4-,8-7-,11-10-,14-13-,17-16-,20-19-,42-41?. The van der Waals surface area contributed by atoms with Crippen molar-refractivity contribution in [3.8, 4) is 5.75 Å². The van der Waals surface area contributed by atoms with Crippen molar-refractivity contribution in [1.82, 2.24) is 5.32 Å². The van der Waals surface area contributed by atoms with Crippen molar-refractivity contribution in [1.29, 1.82) is 0 Å². The van der Waals surface area contributed by atoms with Crippen LogP contribution in [-0.2, 0) is 4.79 Å². The van der Waals surface area contributed by atoms with E-state index in [-0.39, 0.29) is 42.4 Å². The molecule has 2 aromatic carbocycles. The summed E-state index contributed by atoms with van der Waals surface area (Å²) < 4.78 is 5.45. The molecule has 0 bridgehead atoms. The van der Waals surface area contributed by atoms with Crippen molar-refractivity contribution in [3.63, 3.8) is 0 Å². The first-order chi connectivity index (χ1) is 23.3. The fourth-order valence-corrected chi connectivity index (χ4v) is 4.02. The van der Waals surface area contributed by atoms with Crippen molar-refractivity contribution in [2.75, 3.05) is 6.54 Å². The quantitative estimate of drug-likeness (QED) is 0.0308. The fraction of sp³-hybridized carbons (Fsp3) is 0.308. The molecular weight excluding hydrogens is 606 g/mol. The Hall–Kier alpha value is -4.99. The van der Waals surface area contributed by atoms with E-state index in [0.717, 1.165) is 32.1 Å². The normalized spacial score (nSPS) is 12.4. The predicted octanol–water partition coefficient (Wildman–Crippen LogP) is 8.73. The number of Topliss-reactive ketones (excluding diaryl/α,β-unsaturated/α-hetero) is 1. The number of azo groups is 1. The highest BCUT2D eigenvalue weighted by molar-refractivity contribution is 5.98. The Morgan fingerprint density at radius 1 is 0.729 bits per heavy atom. The average Bonchev–Trinajstić information content (AvgIpc) is 3.07. The monoisotopic (exact) mass is 653 g/mol. The Bertz CT molecular complexity index is 1500. The van der Waals surface area contributed by atoms with Gasteiger partial charge in [-0.15, -0.1) is 0 Å². The zero-order valence-corrected chi connectivity index (χ0v) is 27.8. The van der Waals surface area contributed by atoms with Gasteiger partial charge >= 0.3 is 5.97 Å². The number of benzene rings is 2. The molecule has 0 heterocycles. The second kappa shape index (κ2) is 24.2. The number of rotatable bonds is 21. The molecule has 1 amide bonds. The van der Waals surface area contributed by atoms with Gasteiger partial charge in [0.25, 0.3) is 5.91 Å². The summed E-state index contributed by atoms with van der Waals surface area (Å²) >= 11 is 0. The minimum Gasteiger partial charge on any atom is -0.426 e. The average molecular weight is 654 g/mol. The number of hydrogen-bond acceptors (Lipinski definition) is 8. The van der Waals surface area contributed by atoms with E-state index in [1.54, 1.807) is 36.4 Å². The van der Waals surface area contributed by atoms with E-state index in [0.29, 0.717) is 23.4 Å². The number of nitrogens with zero attached hydrogens (tertiary/aromatic N) is 2. The molecular formula is C39H47N3O6. The summed E-state index contributed by atoms with van der Waals surface area (Å²) in [5, 5.41) is 28.6. The second-order valence-electron chi connectivity index (χ2n) is 10.6. The number of carbonyl (C=O) groups is 3.